The van der Waals surface area contributed by atoms with E-state index in [1.165, 1.54) is 5.56 Å². The number of nitrogens with zero attached hydrogens (tertiary/aromatic N) is 3. The molecule has 3 rings (SSSR count). The van der Waals surface area contributed by atoms with Crippen molar-refractivity contribution in [2.45, 2.75) is 13.0 Å². The lowest BCUT2D eigenvalue weighted by Gasteiger charge is -2.35. The van der Waals surface area contributed by atoms with E-state index in [-0.39, 0.29) is 23.7 Å². The van der Waals surface area contributed by atoms with Gasteiger partial charge in [-0.25, -0.2) is 0 Å². The molecule has 1 aliphatic heterocycles. The number of carbonyl (C=O) groups is 2. The van der Waals surface area contributed by atoms with Crippen LogP contribution in [0.1, 0.15) is 12.0 Å². The number of piperazine rings is 1. The lowest BCUT2D eigenvalue weighted by molar-refractivity contribution is -0.136. The zero-order valence-electron chi connectivity index (χ0n) is 15.9. The van der Waals surface area contributed by atoms with Gasteiger partial charge in [0.15, 0.2) is 0 Å². The van der Waals surface area contributed by atoms with Gasteiger partial charge in [-0.2, -0.15) is 0 Å². The van der Waals surface area contributed by atoms with Crippen LogP contribution in [0, 0.1) is 11.8 Å². The van der Waals surface area contributed by atoms with E-state index in [0.29, 0.717) is 13.0 Å². The number of hydrogen-bond donors (Lipinski definition) is 1. The van der Waals surface area contributed by atoms with Crippen LogP contribution in [0.15, 0.2) is 30.3 Å². The highest BCUT2D eigenvalue weighted by atomic mass is 16.2. The van der Waals surface area contributed by atoms with Crippen LogP contribution < -0.4 is 5.32 Å². The Morgan fingerprint density at radius 3 is 2.42 bits per heavy atom. The summed E-state index contributed by atoms with van der Waals surface area (Å²) in [6.07, 6.45) is 0.705. The average Bonchev–Trinajstić information content (AvgIpc) is 3.43. The van der Waals surface area contributed by atoms with Crippen molar-refractivity contribution in [1.29, 1.82) is 0 Å². The highest BCUT2D eigenvalue weighted by Crippen LogP contribution is 2.40. The third-order valence-corrected chi connectivity index (χ3v) is 5.24. The Morgan fingerprint density at radius 1 is 1.08 bits per heavy atom. The molecule has 1 saturated carbocycles. The van der Waals surface area contributed by atoms with Crippen molar-refractivity contribution in [3.8, 4) is 0 Å². The molecule has 1 aromatic carbocycles. The summed E-state index contributed by atoms with van der Waals surface area (Å²) < 4.78 is 0. The van der Waals surface area contributed by atoms with E-state index in [9.17, 15) is 9.59 Å². The van der Waals surface area contributed by atoms with E-state index in [1.54, 1.807) is 0 Å². The highest BCUT2D eigenvalue weighted by Gasteiger charge is 2.49. The first kappa shape index (κ1) is 18.9. The predicted octanol–water partition coefficient (Wildman–Crippen LogP) is 0.645. The number of amides is 2. The number of benzene rings is 1. The molecule has 2 aliphatic rings. The van der Waals surface area contributed by atoms with Gasteiger partial charge in [-0.1, -0.05) is 30.3 Å². The largest absolute Gasteiger partial charge is 0.355 e. The van der Waals surface area contributed by atoms with Crippen molar-refractivity contribution in [2.24, 2.45) is 11.8 Å². The van der Waals surface area contributed by atoms with E-state index >= 15 is 0 Å². The summed E-state index contributed by atoms with van der Waals surface area (Å²) in [5.41, 5.74) is 1.31. The van der Waals surface area contributed by atoms with Crippen LogP contribution >= 0.6 is 0 Å². The third-order valence-electron chi connectivity index (χ3n) is 5.24. The minimum atomic E-state index is -0.119. The van der Waals surface area contributed by atoms with Crippen LogP contribution in [0.5, 0.6) is 0 Å². The molecular formula is C20H30N4O2. The normalized spacial score (nSPS) is 23.1. The minimum absolute atomic E-state index is 0.0351. The molecule has 1 aliphatic carbocycles. The second kappa shape index (κ2) is 8.64. The smallest absolute Gasteiger partial charge is 0.226 e. The Labute approximate surface area is 156 Å². The molecule has 1 saturated heterocycles. The number of rotatable bonds is 7. The predicted molar refractivity (Wildman–Crippen MR) is 101 cm³/mol. The Kier molecular flexibility index (Phi) is 6.27. The van der Waals surface area contributed by atoms with Crippen molar-refractivity contribution in [3.63, 3.8) is 0 Å². The van der Waals surface area contributed by atoms with Crippen LogP contribution in [0.3, 0.4) is 0 Å². The average molecular weight is 358 g/mol. The van der Waals surface area contributed by atoms with Crippen LogP contribution in [-0.2, 0) is 16.1 Å². The van der Waals surface area contributed by atoms with Crippen LogP contribution in [0.4, 0.5) is 0 Å². The van der Waals surface area contributed by atoms with Gasteiger partial charge in [-0.05, 0) is 26.1 Å². The minimum Gasteiger partial charge on any atom is -0.355 e. The standard InChI is InChI=1S/C20H30N4O2/c1-22(2)9-8-21-19(25)17-14-18(17)20(26)24-12-10-23(11-13-24)15-16-6-4-3-5-7-16/h3-7,17-18H,8-15H2,1-2H3,(H,21,25). The zero-order valence-corrected chi connectivity index (χ0v) is 15.9. The van der Waals surface area contributed by atoms with Gasteiger partial charge in [0.1, 0.15) is 0 Å². The van der Waals surface area contributed by atoms with E-state index in [2.05, 4.69) is 34.5 Å². The summed E-state index contributed by atoms with van der Waals surface area (Å²) in [5.74, 6) is -0.0212. The molecule has 2 fully saturated rings. The summed E-state index contributed by atoms with van der Waals surface area (Å²) in [6.45, 7) is 5.71. The van der Waals surface area contributed by atoms with Crippen molar-refractivity contribution < 1.29 is 9.59 Å². The van der Waals surface area contributed by atoms with Gasteiger partial charge in [0.25, 0.3) is 0 Å². The summed E-state index contributed by atoms with van der Waals surface area (Å²) in [5, 5.41) is 2.94. The summed E-state index contributed by atoms with van der Waals surface area (Å²) >= 11 is 0. The Bertz CT molecular complexity index is 611. The molecule has 2 atom stereocenters. The maximum Gasteiger partial charge on any atom is 0.226 e. The van der Waals surface area contributed by atoms with Crippen molar-refractivity contribution in [3.05, 3.63) is 35.9 Å². The summed E-state index contributed by atoms with van der Waals surface area (Å²) in [6, 6.07) is 10.4. The van der Waals surface area contributed by atoms with Gasteiger partial charge in [0.05, 0.1) is 11.8 Å². The number of carbonyl (C=O) groups excluding carboxylic acids is 2. The third kappa shape index (κ3) is 5.05. The molecule has 142 valence electrons. The van der Waals surface area contributed by atoms with Gasteiger partial charge in [0.2, 0.25) is 11.8 Å². The van der Waals surface area contributed by atoms with E-state index < -0.39 is 0 Å². The number of nitrogens with one attached hydrogen (secondary N) is 1. The molecule has 6 heteroatoms. The lowest BCUT2D eigenvalue weighted by Crippen LogP contribution is -2.49. The van der Waals surface area contributed by atoms with E-state index in [0.717, 1.165) is 39.3 Å². The molecule has 1 N–H and O–H groups in total. The molecule has 2 unspecified atom stereocenters. The topological polar surface area (TPSA) is 55.9 Å². The van der Waals surface area contributed by atoms with Gasteiger partial charge in [-0.15, -0.1) is 0 Å². The number of likely N-dealkylation sites (N-methyl/N-ethyl adjacent to an activating group) is 1. The lowest BCUT2D eigenvalue weighted by atomic mass is 10.2. The SMILES string of the molecule is CN(C)CCNC(=O)C1CC1C(=O)N1CCN(Cc2ccccc2)CC1. The van der Waals surface area contributed by atoms with Gasteiger partial charge >= 0.3 is 0 Å². The Morgan fingerprint density at radius 2 is 1.77 bits per heavy atom. The van der Waals surface area contributed by atoms with E-state index in [4.69, 9.17) is 0 Å². The Hall–Kier alpha value is -1.92. The second-order valence-electron chi connectivity index (χ2n) is 7.63. The second-order valence-corrected chi connectivity index (χ2v) is 7.63. The Balaban J connectivity index is 1.38. The molecule has 0 aromatic heterocycles. The fourth-order valence-corrected chi connectivity index (χ4v) is 3.49. The molecule has 26 heavy (non-hydrogen) atoms. The quantitative estimate of drug-likeness (QED) is 0.777. The molecule has 0 bridgehead atoms. The molecule has 1 heterocycles. The molecular weight excluding hydrogens is 328 g/mol. The first-order chi connectivity index (χ1) is 12.5. The maximum atomic E-state index is 12.6. The van der Waals surface area contributed by atoms with Crippen molar-refractivity contribution in [1.82, 2.24) is 20.0 Å². The van der Waals surface area contributed by atoms with Gasteiger partial charge in [-0.3, -0.25) is 14.5 Å². The molecule has 0 spiro atoms. The molecule has 1 aromatic rings. The molecule has 2 amide bonds. The van der Waals surface area contributed by atoms with Gasteiger partial charge < -0.3 is 15.1 Å². The van der Waals surface area contributed by atoms with Crippen molar-refractivity contribution >= 4 is 11.8 Å². The van der Waals surface area contributed by atoms with Crippen molar-refractivity contribution in [2.75, 3.05) is 53.4 Å². The zero-order chi connectivity index (χ0) is 18.5. The summed E-state index contributed by atoms with van der Waals surface area (Å²) in [4.78, 5) is 31.1. The highest BCUT2D eigenvalue weighted by molar-refractivity contribution is 5.92. The first-order valence-corrected chi connectivity index (χ1v) is 9.52. The fraction of sp³-hybridized carbons (Fsp3) is 0.600. The van der Waals surface area contributed by atoms with Crippen LogP contribution in [0.25, 0.3) is 0 Å². The maximum absolute atomic E-state index is 12.6. The fourth-order valence-electron chi connectivity index (χ4n) is 3.49. The number of hydrogen-bond acceptors (Lipinski definition) is 4. The van der Waals surface area contributed by atoms with Crippen LogP contribution in [-0.4, -0.2) is 79.9 Å². The monoisotopic (exact) mass is 358 g/mol. The van der Waals surface area contributed by atoms with E-state index in [1.807, 2.05) is 30.0 Å². The summed E-state index contributed by atoms with van der Waals surface area (Å²) in [7, 11) is 3.96. The first-order valence-electron chi connectivity index (χ1n) is 9.52. The van der Waals surface area contributed by atoms with Gasteiger partial charge in [0, 0.05) is 45.8 Å². The molecule has 6 nitrogen and oxygen atoms in total. The molecule has 0 radical (unpaired) electrons. The van der Waals surface area contributed by atoms with Crippen LogP contribution in [0.2, 0.25) is 0 Å².